The predicted octanol–water partition coefficient (Wildman–Crippen LogP) is 6.51. The number of methoxy groups -OCH3 is 2. The van der Waals surface area contributed by atoms with E-state index >= 15 is 0 Å². The quantitative estimate of drug-likeness (QED) is 0.0915. The minimum atomic E-state index is -0.810. The SMILES string of the molecule is CC[C@H](C)C([C@@H](CC(=O)N1CCC[C@H]1[C@H](OC)[C@@H](C)C(=O)N[C@@H](Cc1ccccc1)c1nccs1)OC)N(C)C(=O)[C@@H](NC(=O)C(C(C)C)N(C)CCc1ccc(O)cc1)C(C)C. The minimum Gasteiger partial charge on any atom is -0.508 e. The number of thiazole rings is 1. The Morgan fingerprint density at radius 2 is 1.59 bits per heavy atom. The van der Waals surface area contributed by atoms with Gasteiger partial charge in [-0.25, -0.2) is 4.98 Å². The zero-order chi connectivity index (χ0) is 46.4. The number of rotatable bonds is 24. The van der Waals surface area contributed by atoms with Gasteiger partial charge in [-0.2, -0.15) is 0 Å². The molecule has 0 aliphatic carbocycles. The Balaban J connectivity index is 1.47. The molecule has 1 aliphatic heterocycles. The summed E-state index contributed by atoms with van der Waals surface area (Å²) in [6.07, 6.45) is 4.04. The topological polar surface area (TPSA) is 154 Å². The van der Waals surface area contributed by atoms with Crippen LogP contribution in [0.2, 0.25) is 0 Å². The summed E-state index contributed by atoms with van der Waals surface area (Å²) in [7, 11) is 6.84. The second-order valence-corrected chi connectivity index (χ2v) is 19.0. The van der Waals surface area contributed by atoms with Crippen LogP contribution in [0.25, 0.3) is 0 Å². The number of likely N-dealkylation sites (N-methyl/N-ethyl adjacent to an activating group) is 2. The summed E-state index contributed by atoms with van der Waals surface area (Å²) in [5.74, 6) is -1.41. The van der Waals surface area contributed by atoms with Crippen molar-refractivity contribution in [3.63, 3.8) is 0 Å². The summed E-state index contributed by atoms with van der Waals surface area (Å²) >= 11 is 1.50. The number of hydrogen-bond acceptors (Lipinski definition) is 10. The Morgan fingerprint density at radius 3 is 2.16 bits per heavy atom. The molecule has 2 aromatic carbocycles. The van der Waals surface area contributed by atoms with Crippen molar-refractivity contribution in [3.05, 3.63) is 82.3 Å². The molecule has 348 valence electrons. The molecule has 0 spiro atoms. The highest BCUT2D eigenvalue weighted by Crippen LogP contribution is 2.31. The average molecular weight is 891 g/mol. The smallest absolute Gasteiger partial charge is 0.245 e. The maximum atomic E-state index is 14.6. The van der Waals surface area contributed by atoms with E-state index in [1.165, 1.54) is 11.3 Å². The first-order valence-electron chi connectivity index (χ1n) is 22.7. The molecule has 2 heterocycles. The zero-order valence-electron chi connectivity index (χ0n) is 39.5. The van der Waals surface area contributed by atoms with Crippen LogP contribution >= 0.6 is 11.3 Å². The van der Waals surface area contributed by atoms with E-state index in [-0.39, 0.29) is 65.6 Å². The largest absolute Gasteiger partial charge is 0.508 e. The van der Waals surface area contributed by atoms with E-state index in [1.807, 2.05) is 99.3 Å². The standard InChI is InChI=1S/C49H74N6O7S/c1-12-33(6)44(54(9)49(60)42(31(2)3)52-47(59)43(32(4)5)53(8)27-24-35-20-22-37(56)23-21-35)40(61-10)30-41(57)55-26-16-19-39(55)45(62-11)34(7)46(58)51-38(48-50-25-28-63-48)29-36-17-14-13-15-18-36/h13-15,17-18,20-23,25,28,31-34,38-40,42-45,56H,12,16,19,24,26-27,29-30H2,1-11H3,(H,51,58)(H,52,59)/t33-,34+,38-,39-,40+,42-,43?,44?,45+/m0/s1. The van der Waals surface area contributed by atoms with Gasteiger partial charge in [0.1, 0.15) is 16.8 Å². The van der Waals surface area contributed by atoms with Gasteiger partial charge in [0.15, 0.2) is 0 Å². The summed E-state index contributed by atoms with van der Waals surface area (Å²) in [4.78, 5) is 67.1. The molecular weight excluding hydrogens is 817 g/mol. The maximum Gasteiger partial charge on any atom is 0.245 e. The zero-order valence-corrected chi connectivity index (χ0v) is 40.3. The first-order valence-corrected chi connectivity index (χ1v) is 23.5. The molecule has 3 aromatic rings. The maximum absolute atomic E-state index is 14.6. The van der Waals surface area contributed by atoms with Crippen LogP contribution in [-0.4, -0.2) is 126 Å². The number of nitrogens with one attached hydrogen (secondary N) is 2. The van der Waals surface area contributed by atoms with Crippen molar-refractivity contribution in [2.45, 2.75) is 129 Å². The third-order valence-electron chi connectivity index (χ3n) is 12.9. The van der Waals surface area contributed by atoms with Gasteiger partial charge in [-0.3, -0.25) is 24.1 Å². The number of phenolic OH excluding ortho intramolecular Hbond substituents is 1. The van der Waals surface area contributed by atoms with E-state index in [9.17, 15) is 24.3 Å². The Hall–Kier alpha value is -4.37. The third-order valence-corrected chi connectivity index (χ3v) is 13.8. The fraction of sp³-hybridized carbons (Fsp3) is 0.612. The molecule has 1 aliphatic rings. The molecule has 63 heavy (non-hydrogen) atoms. The monoisotopic (exact) mass is 891 g/mol. The summed E-state index contributed by atoms with van der Waals surface area (Å²) in [5, 5.41) is 18.8. The number of benzene rings is 2. The number of aromatic nitrogens is 1. The van der Waals surface area contributed by atoms with Gasteiger partial charge < -0.3 is 35.0 Å². The van der Waals surface area contributed by atoms with Gasteiger partial charge in [0.2, 0.25) is 23.6 Å². The second kappa shape index (κ2) is 24.6. The minimum absolute atomic E-state index is 0.0276. The van der Waals surface area contributed by atoms with Gasteiger partial charge in [-0.1, -0.05) is 97.4 Å². The van der Waals surface area contributed by atoms with E-state index in [0.29, 0.717) is 32.4 Å². The van der Waals surface area contributed by atoms with E-state index in [1.54, 1.807) is 44.5 Å². The van der Waals surface area contributed by atoms with Gasteiger partial charge in [-0.15, -0.1) is 11.3 Å². The van der Waals surface area contributed by atoms with Crippen LogP contribution in [0.1, 0.15) is 96.3 Å². The first kappa shape index (κ1) is 51.3. The molecule has 13 nitrogen and oxygen atoms in total. The lowest BCUT2D eigenvalue weighted by atomic mass is 9.89. The van der Waals surface area contributed by atoms with Crippen LogP contribution in [0.3, 0.4) is 0 Å². The number of amides is 4. The summed E-state index contributed by atoms with van der Waals surface area (Å²) < 4.78 is 12.2. The summed E-state index contributed by atoms with van der Waals surface area (Å²) in [6.45, 7) is 14.9. The molecule has 0 saturated carbocycles. The van der Waals surface area contributed by atoms with E-state index < -0.39 is 36.3 Å². The number of nitrogens with zero attached hydrogens (tertiary/aromatic N) is 4. The number of likely N-dealkylation sites (tertiary alicyclic amines) is 1. The van der Waals surface area contributed by atoms with Gasteiger partial charge in [-0.05, 0) is 73.7 Å². The van der Waals surface area contributed by atoms with Gasteiger partial charge in [0, 0.05) is 45.9 Å². The number of ether oxygens (including phenoxy) is 2. The number of carbonyl (C=O) groups excluding carboxylic acids is 4. The van der Waals surface area contributed by atoms with Crippen LogP contribution in [0, 0.1) is 23.7 Å². The first-order chi connectivity index (χ1) is 30.0. The Kier molecular flexibility index (Phi) is 20.0. The number of aromatic hydroxyl groups is 1. The van der Waals surface area contributed by atoms with Crippen molar-refractivity contribution in [3.8, 4) is 5.75 Å². The second-order valence-electron chi connectivity index (χ2n) is 18.0. The number of hydrogen-bond donors (Lipinski definition) is 3. The highest BCUT2D eigenvalue weighted by Gasteiger charge is 2.43. The van der Waals surface area contributed by atoms with E-state index in [2.05, 4.69) is 29.5 Å². The summed E-state index contributed by atoms with van der Waals surface area (Å²) in [5.41, 5.74) is 2.14. The molecule has 1 fully saturated rings. The molecule has 3 N–H and O–H groups in total. The van der Waals surface area contributed by atoms with Crippen LogP contribution in [-0.2, 0) is 41.5 Å². The van der Waals surface area contributed by atoms with Crippen molar-refractivity contribution in [2.24, 2.45) is 23.7 Å². The van der Waals surface area contributed by atoms with Crippen molar-refractivity contribution in [1.82, 2.24) is 30.3 Å². The van der Waals surface area contributed by atoms with Crippen LogP contribution in [0.15, 0.2) is 66.2 Å². The molecule has 2 unspecified atom stereocenters. The van der Waals surface area contributed by atoms with E-state index in [0.717, 1.165) is 29.0 Å². The lowest BCUT2D eigenvalue weighted by Crippen LogP contribution is -2.60. The van der Waals surface area contributed by atoms with Crippen LogP contribution < -0.4 is 10.6 Å². The van der Waals surface area contributed by atoms with Crippen molar-refractivity contribution < 1.29 is 33.8 Å². The van der Waals surface area contributed by atoms with Crippen molar-refractivity contribution >= 4 is 35.0 Å². The van der Waals surface area contributed by atoms with Crippen LogP contribution in [0.4, 0.5) is 0 Å². The molecule has 0 radical (unpaired) electrons. The highest BCUT2D eigenvalue weighted by atomic mass is 32.1. The average Bonchev–Trinajstić information content (AvgIpc) is 3.99. The van der Waals surface area contributed by atoms with E-state index in [4.69, 9.17) is 9.47 Å². The third kappa shape index (κ3) is 13.8. The molecule has 1 aromatic heterocycles. The normalized spacial score (nSPS) is 18.1. The lowest BCUT2D eigenvalue weighted by molar-refractivity contribution is -0.148. The molecule has 0 bridgehead atoms. The van der Waals surface area contributed by atoms with Crippen molar-refractivity contribution in [2.75, 3.05) is 41.4 Å². The number of phenols is 1. The van der Waals surface area contributed by atoms with Gasteiger partial charge >= 0.3 is 0 Å². The molecule has 1 saturated heterocycles. The fourth-order valence-electron chi connectivity index (χ4n) is 9.16. The lowest BCUT2D eigenvalue weighted by Gasteiger charge is -2.41. The predicted molar refractivity (Wildman–Crippen MR) is 249 cm³/mol. The molecule has 4 rings (SSSR count). The van der Waals surface area contributed by atoms with Crippen LogP contribution in [0.5, 0.6) is 5.75 Å². The number of carbonyl (C=O) groups is 4. The molecule has 14 heteroatoms. The van der Waals surface area contributed by atoms with Gasteiger partial charge in [0.25, 0.3) is 0 Å². The Morgan fingerprint density at radius 1 is 0.905 bits per heavy atom. The summed E-state index contributed by atoms with van der Waals surface area (Å²) in [6, 6.07) is 14.7. The fourth-order valence-corrected chi connectivity index (χ4v) is 9.85. The highest BCUT2D eigenvalue weighted by molar-refractivity contribution is 7.09. The molecule has 4 amide bonds. The Labute approximate surface area is 380 Å². The molecular formula is C49H74N6O7S. The van der Waals surface area contributed by atoms with Gasteiger partial charge in [0.05, 0.1) is 48.7 Å². The Bertz CT molecular complexity index is 1860. The molecule has 9 atom stereocenters. The van der Waals surface area contributed by atoms with Crippen molar-refractivity contribution in [1.29, 1.82) is 0 Å².